The Balaban J connectivity index is 2.06. The van der Waals surface area contributed by atoms with Crippen LogP contribution in [0.1, 0.15) is 25.0 Å². The van der Waals surface area contributed by atoms with Crippen LogP contribution in [0.4, 0.5) is 0 Å². The molecule has 3 heteroatoms. The van der Waals surface area contributed by atoms with E-state index in [-0.39, 0.29) is 0 Å². The van der Waals surface area contributed by atoms with Gasteiger partial charge >= 0.3 is 0 Å². The van der Waals surface area contributed by atoms with Crippen molar-refractivity contribution < 1.29 is 0 Å². The normalized spacial score (nSPS) is 11.1. The fourth-order valence-corrected chi connectivity index (χ4v) is 3.32. The molecule has 1 N–H and O–H groups in total. The van der Waals surface area contributed by atoms with Crippen molar-refractivity contribution in [3.05, 3.63) is 58.1 Å². The Morgan fingerprint density at radius 1 is 1.05 bits per heavy atom. The molecule has 0 heterocycles. The van der Waals surface area contributed by atoms with E-state index in [1.165, 1.54) is 25.4 Å². The van der Waals surface area contributed by atoms with Crippen LogP contribution in [0.5, 0.6) is 0 Å². The molecule has 1 nitrogen and oxygen atoms in total. The highest BCUT2D eigenvalue weighted by Crippen LogP contribution is 2.31. The zero-order chi connectivity index (χ0) is 14.5. The van der Waals surface area contributed by atoms with E-state index in [1.54, 1.807) is 11.8 Å². The van der Waals surface area contributed by atoms with Gasteiger partial charge in [0.25, 0.3) is 0 Å². The van der Waals surface area contributed by atoms with Crippen molar-refractivity contribution in [2.75, 3.05) is 0 Å². The van der Waals surface area contributed by atoms with Gasteiger partial charge in [-0.3, -0.25) is 0 Å². The van der Waals surface area contributed by atoms with Gasteiger partial charge in [0.15, 0.2) is 0 Å². The molecule has 2 aromatic rings. The van der Waals surface area contributed by atoms with E-state index >= 15 is 0 Å². The van der Waals surface area contributed by atoms with Crippen LogP contribution in [-0.4, -0.2) is 6.04 Å². The van der Waals surface area contributed by atoms with Gasteiger partial charge in [-0.1, -0.05) is 65.3 Å². The molecule has 0 aromatic heterocycles. The summed E-state index contributed by atoms with van der Waals surface area (Å²) in [4.78, 5) is 2.53. The van der Waals surface area contributed by atoms with Gasteiger partial charge in [-0.05, 0) is 36.8 Å². The Hall–Kier alpha value is -0.770. The fraction of sp³-hybridized carbons (Fsp3) is 0.294. The summed E-state index contributed by atoms with van der Waals surface area (Å²) in [5.41, 5.74) is 2.59. The first-order chi connectivity index (χ1) is 9.54. The van der Waals surface area contributed by atoms with Crippen molar-refractivity contribution in [1.29, 1.82) is 0 Å². The lowest BCUT2D eigenvalue weighted by molar-refractivity contribution is 0.587. The van der Waals surface area contributed by atoms with Crippen molar-refractivity contribution in [1.82, 2.24) is 5.32 Å². The molecule has 0 atom stereocenters. The predicted molar refractivity (Wildman–Crippen MR) is 91.4 cm³/mol. The van der Waals surface area contributed by atoms with Crippen LogP contribution >= 0.6 is 27.7 Å². The minimum atomic E-state index is 0.503. The third kappa shape index (κ3) is 4.65. The first kappa shape index (κ1) is 15.6. The topological polar surface area (TPSA) is 12.0 Å². The zero-order valence-corrected chi connectivity index (χ0v) is 14.5. The van der Waals surface area contributed by atoms with E-state index in [9.17, 15) is 0 Å². The molecule has 0 fully saturated rings. The molecule has 2 aromatic carbocycles. The van der Waals surface area contributed by atoms with Gasteiger partial charge < -0.3 is 5.32 Å². The molecule has 0 aliphatic rings. The van der Waals surface area contributed by atoms with E-state index in [2.05, 4.69) is 84.5 Å². The first-order valence-corrected chi connectivity index (χ1v) is 8.42. The second kappa shape index (κ2) is 7.30. The minimum Gasteiger partial charge on any atom is -0.310 e. The van der Waals surface area contributed by atoms with E-state index in [1.807, 2.05) is 0 Å². The average Bonchev–Trinajstić information content (AvgIpc) is 2.40. The van der Waals surface area contributed by atoms with Crippen LogP contribution < -0.4 is 5.32 Å². The van der Waals surface area contributed by atoms with E-state index < -0.39 is 0 Å². The van der Waals surface area contributed by atoms with E-state index in [0.717, 1.165) is 6.54 Å². The largest absolute Gasteiger partial charge is 0.310 e. The van der Waals surface area contributed by atoms with Crippen LogP contribution in [0, 0.1) is 6.92 Å². The lowest BCUT2D eigenvalue weighted by Gasteiger charge is -2.11. The summed E-state index contributed by atoms with van der Waals surface area (Å²) in [6.07, 6.45) is 0. The Morgan fingerprint density at radius 3 is 2.30 bits per heavy atom. The van der Waals surface area contributed by atoms with E-state index in [4.69, 9.17) is 0 Å². The maximum atomic E-state index is 3.67. The van der Waals surface area contributed by atoms with Gasteiger partial charge in [-0.2, -0.15) is 0 Å². The molecule has 0 saturated heterocycles. The van der Waals surface area contributed by atoms with Crippen molar-refractivity contribution in [2.24, 2.45) is 0 Å². The summed E-state index contributed by atoms with van der Waals surface area (Å²) < 4.78 is 1.17. The Bertz CT molecular complexity index is 564. The number of nitrogens with one attached hydrogen (secondary N) is 1. The third-order valence-corrected chi connectivity index (χ3v) is 4.72. The van der Waals surface area contributed by atoms with Crippen molar-refractivity contribution in [3.63, 3.8) is 0 Å². The van der Waals surface area contributed by atoms with Gasteiger partial charge in [-0.15, -0.1) is 0 Å². The second-order valence-corrected chi connectivity index (χ2v) is 7.21. The molecule has 106 valence electrons. The molecule has 0 aliphatic carbocycles. The summed E-state index contributed by atoms with van der Waals surface area (Å²) in [5.74, 6) is 0. The van der Waals surface area contributed by atoms with Crippen LogP contribution in [0.2, 0.25) is 0 Å². The van der Waals surface area contributed by atoms with Crippen molar-refractivity contribution in [3.8, 4) is 0 Å². The quantitative estimate of drug-likeness (QED) is 0.774. The summed E-state index contributed by atoms with van der Waals surface area (Å²) >= 11 is 5.46. The number of hydrogen-bond acceptors (Lipinski definition) is 2. The number of hydrogen-bond donors (Lipinski definition) is 1. The summed E-state index contributed by atoms with van der Waals surface area (Å²) in [7, 11) is 0. The monoisotopic (exact) mass is 349 g/mol. The Kier molecular flexibility index (Phi) is 5.70. The lowest BCUT2D eigenvalue weighted by Crippen LogP contribution is -2.21. The highest BCUT2D eigenvalue weighted by atomic mass is 79.9. The number of halogens is 1. The van der Waals surface area contributed by atoms with Crippen molar-refractivity contribution in [2.45, 2.75) is 43.1 Å². The molecule has 0 amide bonds. The smallest absolute Gasteiger partial charge is 0.0231 e. The molecule has 0 aliphatic heterocycles. The molecule has 0 saturated carbocycles. The molecular formula is C17H20BrNS. The van der Waals surface area contributed by atoms with Gasteiger partial charge in [0.2, 0.25) is 0 Å². The summed E-state index contributed by atoms with van der Waals surface area (Å²) in [6.45, 7) is 7.33. The Morgan fingerprint density at radius 2 is 1.70 bits per heavy atom. The molecule has 0 bridgehead atoms. The van der Waals surface area contributed by atoms with Crippen LogP contribution in [0.25, 0.3) is 0 Å². The molecule has 20 heavy (non-hydrogen) atoms. The highest BCUT2D eigenvalue weighted by molar-refractivity contribution is 9.10. The van der Waals surface area contributed by atoms with Crippen LogP contribution in [0.15, 0.2) is 56.7 Å². The van der Waals surface area contributed by atoms with Gasteiger partial charge in [-0.25, -0.2) is 0 Å². The fourth-order valence-electron chi connectivity index (χ4n) is 1.79. The van der Waals surface area contributed by atoms with Crippen LogP contribution in [-0.2, 0) is 6.54 Å². The minimum absolute atomic E-state index is 0.503. The predicted octanol–water partition coefficient (Wildman–Crippen LogP) is 5.41. The van der Waals surface area contributed by atoms with Gasteiger partial charge in [0.1, 0.15) is 0 Å². The molecular weight excluding hydrogens is 330 g/mol. The Labute approximate surface area is 134 Å². The maximum Gasteiger partial charge on any atom is 0.0231 e. The number of benzene rings is 2. The third-order valence-electron chi connectivity index (χ3n) is 2.98. The molecule has 0 radical (unpaired) electrons. The van der Waals surface area contributed by atoms with Crippen molar-refractivity contribution >= 4 is 27.7 Å². The summed E-state index contributed by atoms with van der Waals surface area (Å²) in [5, 5.41) is 3.44. The highest BCUT2D eigenvalue weighted by Gasteiger charge is 2.04. The van der Waals surface area contributed by atoms with E-state index in [0.29, 0.717) is 6.04 Å². The maximum absolute atomic E-state index is 3.67. The van der Waals surface area contributed by atoms with Crippen LogP contribution in [0.3, 0.4) is 0 Å². The molecule has 0 spiro atoms. The molecule has 2 rings (SSSR count). The summed E-state index contributed by atoms with van der Waals surface area (Å²) in [6, 6.07) is 15.7. The average molecular weight is 350 g/mol. The SMILES string of the molecule is Cc1ccc(Sc2ccc(CNC(C)C)c(Br)c2)cc1. The number of rotatable bonds is 5. The van der Waals surface area contributed by atoms with Gasteiger partial charge in [0, 0.05) is 26.9 Å². The zero-order valence-electron chi connectivity index (χ0n) is 12.1. The van der Waals surface area contributed by atoms with Gasteiger partial charge in [0.05, 0.1) is 0 Å². The standard InChI is InChI=1S/C17H20BrNS/c1-12(2)19-11-14-6-9-16(10-17(14)18)20-15-7-4-13(3)5-8-15/h4-10,12,19H,11H2,1-3H3. The lowest BCUT2D eigenvalue weighted by atomic mass is 10.2. The molecule has 0 unspecified atom stereocenters. The first-order valence-electron chi connectivity index (χ1n) is 6.81. The number of aryl methyl sites for hydroxylation is 1. The second-order valence-electron chi connectivity index (χ2n) is 5.20.